The highest BCUT2D eigenvalue weighted by molar-refractivity contribution is 5.98. The van der Waals surface area contributed by atoms with Crippen molar-refractivity contribution < 1.29 is 9.53 Å². The van der Waals surface area contributed by atoms with Gasteiger partial charge in [-0.25, -0.2) is 0 Å². The smallest absolute Gasteiger partial charge is 0.233 e. The average Bonchev–Trinajstić information content (AvgIpc) is 2.63. The van der Waals surface area contributed by atoms with E-state index in [-0.39, 0.29) is 12.5 Å². The van der Waals surface area contributed by atoms with Crippen LogP contribution in [0.15, 0.2) is 60.9 Å². The number of benzene rings is 2. The molecule has 1 heterocycles. The number of hydrogen-bond acceptors (Lipinski definition) is 4. The summed E-state index contributed by atoms with van der Waals surface area (Å²) in [5, 5.41) is 5.02. The van der Waals surface area contributed by atoms with Gasteiger partial charge in [-0.05, 0) is 34.7 Å². The van der Waals surface area contributed by atoms with E-state index in [0.29, 0.717) is 6.61 Å². The van der Waals surface area contributed by atoms with Gasteiger partial charge >= 0.3 is 0 Å². The maximum atomic E-state index is 12.7. The van der Waals surface area contributed by atoms with Crippen molar-refractivity contribution in [3.05, 3.63) is 72.1 Å². The Hall–Kier alpha value is -2.76. The van der Waals surface area contributed by atoms with E-state index in [0.717, 1.165) is 27.6 Å². The topological polar surface area (TPSA) is 77.2 Å². The summed E-state index contributed by atoms with van der Waals surface area (Å²) >= 11 is 0. The monoisotopic (exact) mass is 335 g/mol. The van der Waals surface area contributed by atoms with Gasteiger partial charge in [-0.2, -0.15) is 0 Å². The van der Waals surface area contributed by atoms with Crippen molar-refractivity contribution in [2.45, 2.75) is 12.5 Å². The van der Waals surface area contributed by atoms with Crippen molar-refractivity contribution in [1.29, 1.82) is 0 Å². The van der Waals surface area contributed by atoms with E-state index in [1.54, 1.807) is 19.5 Å². The lowest BCUT2D eigenvalue weighted by atomic mass is 9.96. The maximum absolute atomic E-state index is 12.7. The molecular formula is C20H21N3O2. The first-order valence-electron chi connectivity index (χ1n) is 8.13. The number of carbonyl (C=O) groups is 1. The number of nitrogens with one attached hydrogen (secondary N) is 1. The Balaban J connectivity index is 1.80. The number of ether oxygens (including phenoxy) is 1. The molecule has 0 aliphatic carbocycles. The van der Waals surface area contributed by atoms with Gasteiger partial charge in [0.1, 0.15) is 0 Å². The van der Waals surface area contributed by atoms with Gasteiger partial charge in [0.2, 0.25) is 5.91 Å². The van der Waals surface area contributed by atoms with Crippen molar-refractivity contribution in [2.75, 3.05) is 19.0 Å². The van der Waals surface area contributed by atoms with E-state index in [1.165, 1.54) is 0 Å². The van der Waals surface area contributed by atoms with Gasteiger partial charge < -0.3 is 15.8 Å². The number of pyridine rings is 1. The van der Waals surface area contributed by atoms with Crippen LogP contribution in [0.3, 0.4) is 0 Å². The van der Waals surface area contributed by atoms with Crippen LogP contribution in [0.1, 0.15) is 17.0 Å². The molecule has 0 radical (unpaired) electrons. The molecule has 0 bridgehead atoms. The van der Waals surface area contributed by atoms with Gasteiger partial charge in [-0.15, -0.1) is 0 Å². The van der Waals surface area contributed by atoms with Gasteiger partial charge in [0.15, 0.2) is 0 Å². The summed E-state index contributed by atoms with van der Waals surface area (Å²) in [5.41, 5.74) is 8.53. The molecule has 3 aromatic rings. The highest BCUT2D eigenvalue weighted by atomic mass is 16.5. The molecule has 0 unspecified atom stereocenters. The number of anilines is 1. The summed E-state index contributed by atoms with van der Waals surface area (Å²) in [6, 6.07) is 15.4. The molecule has 0 spiro atoms. The number of rotatable bonds is 6. The molecule has 1 amide bonds. The number of carbonyl (C=O) groups excluding carboxylic acids is 1. The zero-order chi connectivity index (χ0) is 17.6. The Morgan fingerprint density at radius 1 is 1.20 bits per heavy atom. The molecule has 5 nitrogen and oxygen atoms in total. The maximum Gasteiger partial charge on any atom is 0.233 e. The zero-order valence-electron chi connectivity index (χ0n) is 14.1. The van der Waals surface area contributed by atoms with E-state index >= 15 is 0 Å². The quantitative estimate of drug-likeness (QED) is 0.726. The summed E-state index contributed by atoms with van der Waals surface area (Å²) in [6.07, 6.45) is 3.53. The minimum atomic E-state index is -0.412. The Morgan fingerprint density at radius 2 is 2.08 bits per heavy atom. The Kier molecular flexibility index (Phi) is 5.38. The van der Waals surface area contributed by atoms with Gasteiger partial charge in [-0.1, -0.05) is 30.3 Å². The van der Waals surface area contributed by atoms with Crippen LogP contribution in [-0.4, -0.2) is 24.5 Å². The minimum Gasteiger partial charge on any atom is -0.380 e. The largest absolute Gasteiger partial charge is 0.380 e. The molecule has 0 aliphatic rings. The number of aromatic nitrogens is 1. The SMILES string of the molecule is COCc1cccc([C@@H](CN)C(=O)Nc2ccc3cnccc3c2)c1. The molecule has 0 aliphatic heterocycles. The number of amides is 1. The third kappa shape index (κ3) is 4.02. The Labute approximate surface area is 146 Å². The van der Waals surface area contributed by atoms with E-state index in [9.17, 15) is 4.79 Å². The van der Waals surface area contributed by atoms with Crippen LogP contribution in [0, 0.1) is 0 Å². The van der Waals surface area contributed by atoms with Crippen LogP contribution >= 0.6 is 0 Å². The number of fused-ring (bicyclic) bond motifs is 1. The Bertz CT molecular complexity index is 879. The van der Waals surface area contributed by atoms with Gasteiger partial charge in [0.05, 0.1) is 12.5 Å². The van der Waals surface area contributed by atoms with Crippen molar-refractivity contribution in [2.24, 2.45) is 5.73 Å². The summed E-state index contributed by atoms with van der Waals surface area (Å²) in [5.74, 6) is -0.532. The summed E-state index contributed by atoms with van der Waals surface area (Å²) in [7, 11) is 1.65. The van der Waals surface area contributed by atoms with Gasteiger partial charge in [0, 0.05) is 37.1 Å². The third-order valence-electron chi connectivity index (χ3n) is 4.12. The van der Waals surface area contributed by atoms with Crippen molar-refractivity contribution in [3.63, 3.8) is 0 Å². The highest BCUT2D eigenvalue weighted by Crippen LogP contribution is 2.22. The fraction of sp³-hybridized carbons (Fsp3) is 0.200. The van der Waals surface area contributed by atoms with E-state index in [2.05, 4.69) is 10.3 Å². The molecule has 0 fully saturated rings. The number of methoxy groups -OCH3 is 1. The molecule has 0 saturated heterocycles. The van der Waals surface area contributed by atoms with E-state index in [4.69, 9.17) is 10.5 Å². The fourth-order valence-corrected chi connectivity index (χ4v) is 2.85. The van der Waals surface area contributed by atoms with Gasteiger partial charge in [0.25, 0.3) is 0 Å². The van der Waals surface area contributed by atoms with Gasteiger partial charge in [-0.3, -0.25) is 9.78 Å². The van der Waals surface area contributed by atoms with Crippen LogP contribution in [0.25, 0.3) is 10.8 Å². The lowest BCUT2D eigenvalue weighted by molar-refractivity contribution is -0.117. The Morgan fingerprint density at radius 3 is 2.88 bits per heavy atom. The minimum absolute atomic E-state index is 0.120. The highest BCUT2D eigenvalue weighted by Gasteiger charge is 2.19. The summed E-state index contributed by atoms with van der Waals surface area (Å²) in [4.78, 5) is 16.8. The van der Waals surface area contributed by atoms with Crippen LogP contribution in [0.5, 0.6) is 0 Å². The molecule has 5 heteroatoms. The number of hydrogen-bond donors (Lipinski definition) is 2. The molecule has 1 aromatic heterocycles. The first kappa shape index (κ1) is 17.1. The predicted molar refractivity (Wildman–Crippen MR) is 99.3 cm³/mol. The second-order valence-corrected chi connectivity index (χ2v) is 5.89. The first-order chi connectivity index (χ1) is 12.2. The zero-order valence-corrected chi connectivity index (χ0v) is 14.1. The number of nitrogens with zero attached hydrogens (tertiary/aromatic N) is 1. The molecule has 0 saturated carbocycles. The number of nitrogens with two attached hydrogens (primary N) is 1. The van der Waals surface area contributed by atoms with Crippen LogP contribution in [-0.2, 0) is 16.1 Å². The van der Waals surface area contributed by atoms with Crippen molar-refractivity contribution in [1.82, 2.24) is 4.98 Å². The van der Waals surface area contributed by atoms with Crippen LogP contribution in [0.4, 0.5) is 5.69 Å². The molecule has 25 heavy (non-hydrogen) atoms. The van der Waals surface area contributed by atoms with Crippen molar-refractivity contribution >= 4 is 22.4 Å². The molecule has 128 valence electrons. The molecule has 1 atom stereocenters. The van der Waals surface area contributed by atoms with E-state index < -0.39 is 5.92 Å². The summed E-state index contributed by atoms with van der Waals surface area (Å²) < 4.78 is 5.16. The van der Waals surface area contributed by atoms with Crippen LogP contribution < -0.4 is 11.1 Å². The molecular weight excluding hydrogens is 314 g/mol. The molecule has 3 rings (SSSR count). The fourth-order valence-electron chi connectivity index (χ4n) is 2.85. The van der Waals surface area contributed by atoms with Crippen LogP contribution in [0.2, 0.25) is 0 Å². The molecule has 2 aromatic carbocycles. The lowest BCUT2D eigenvalue weighted by Crippen LogP contribution is -2.27. The van der Waals surface area contributed by atoms with E-state index in [1.807, 2.05) is 48.5 Å². The third-order valence-corrected chi connectivity index (χ3v) is 4.12. The normalized spacial score (nSPS) is 12.1. The second-order valence-electron chi connectivity index (χ2n) is 5.89. The molecule has 3 N–H and O–H groups in total. The van der Waals surface area contributed by atoms with Crippen molar-refractivity contribution in [3.8, 4) is 0 Å². The summed E-state index contributed by atoms with van der Waals surface area (Å²) in [6.45, 7) is 0.741. The lowest BCUT2D eigenvalue weighted by Gasteiger charge is -2.16. The first-order valence-corrected chi connectivity index (χ1v) is 8.13. The predicted octanol–water partition coefficient (Wildman–Crippen LogP) is 3.06. The second kappa shape index (κ2) is 7.88. The average molecular weight is 335 g/mol. The standard InChI is InChI=1S/C20H21N3O2/c1-25-13-14-3-2-4-16(9-14)19(11-21)20(24)23-18-6-5-17-12-22-8-7-15(17)10-18/h2-10,12,19H,11,13,21H2,1H3,(H,23,24)/t19-/m1/s1.